The number of benzene rings is 2. The molecule has 2 aromatic carbocycles. The molecule has 18 heavy (non-hydrogen) atoms. The molecule has 0 bridgehead atoms. The smallest absolute Gasteiger partial charge is 0.193 e. The van der Waals surface area contributed by atoms with Gasteiger partial charge in [0.15, 0.2) is 5.78 Å². The van der Waals surface area contributed by atoms with Crippen molar-refractivity contribution >= 4 is 27.4 Å². The van der Waals surface area contributed by atoms with Crippen molar-refractivity contribution in [1.29, 1.82) is 0 Å². The molecule has 0 amide bonds. The van der Waals surface area contributed by atoms with Crippen LogP contribution in [0.3, 0.4) is 0 Å². The van der Waals surface area contributed by atoms with E-state index in [1.165, 1.54) is 0 Å². The van der Waals surface area contributed by atoms with Gasteiger partial charge in [0.2, 0.25) is 0 Å². The molecule has 0 saturated heterocycles. The average Bonchev–Trinajstić information content (AvgIpc) is 2.34. The minimum Gasteiger partial charge on any atom is -0.398 e. The Hall–Kier alpha value is -1.61. The lowest BCUT2D eigenvalue weighted by molar-refractivity contribution is 0.103. The maximum Gasteiger partial charge on any atom is 0.193 e. The van der Waals surface area contributed by atoms with Gasteiger partial charge in [0.25, 0.3) is 0 Å². The fourth-order valence-electron chi connectivity index (χ4n) is 1.80. The number of anilines is 1. The van der Waals surface area contributed by atoms with Crippen LogP contribution in [-0.4, -0.2) is 5.78 Å². The van der Waals surface area contributed by atoms with Gasteiger partial charge in [-0.15, -0.1) is 0 Å². The summed E-state index contributed by atoms with van der Waals surface area (Å²) in [7, 11) is 0. The number of carbonyl (C=O) groups excluding carboxylic acids is 1. The van der Waals surface area contributed by atoms with Crippen LogP contribution in [0.5, 0.6) is 0 Å². The lowest BCUT2D eigenvalue weighted by Crippen LogP contribution is -2.06. The highest BCUT2D eigenvalue weighted by molar-refractivity contribution is 9.10. The van der Waals surface area contributed by atoms with Gasteiger partial charge in [-0.25, -0.2) is 0 Å². The van der Waals surface area contributed by atoms with Gasteiger partial charge in [-0.3, -0.25) is 4.79 Å². The van der Waals surface area contributed by atoms with Gasteiger partial charge in [0.1, 0.15) is 0 Å². The Bertz CT molecular complexity index is 603. The zero-order chi connectivity index (χ0) is 13.3. The summed E-state index contributed by atoms with van der Waals surface area (Å²) in [6.45, 7) is 3.86. The Morgan fingerprint density at radius 3 is 2.33 bits per heavy atom. The molecule has 0 aliphatic rings. The number of carbonyl (C=O) groups is 1. The van der Waals surface area contributed by atoms with Crippen LogP contribution in [-0.2, 0) is 0 Å². The molecule has 0 unspecified atom stereocenters. The van der Waals surface area contributed by atoms with Crippen molar-refractivity contribution in [2.75, 3.05) is 5.73 Å². The monoisotopic (exact) mass is 303 g/mol. The van der Waals surface area contributed by atoms with Crippen LogP contribution < -0.4 is 5.73 Å². The highest BCUT2D eigenvalue weighted by Gasteiger charge is 2.14. The topological polar surface area (TPSA) is 43.1 Å². The van der Waals surface area contributed by atoms with E-state index in [2.05, 4.69) is 15.9 Å². The average molecular weight is 304 g/mol. The van der Waals surface area contributed by atoms with Crippen molar-refractivity contribution in [2.24, 2.45) is 0 Å². The molecule has 0 aliphatic heterocycles. The van der Waals surface area contributed by atoms with E-state index >= 15 is 0 Å². The molecule has 0 spiro atoms. The molecule has 0 heterocycles. The Morgan fingerprint density at radius 1 is 1.11 bits per heavy atom. The predicted molar refractivity (Wildman–Crippen MR) is 77.9 cm³/mol. The molecule has 2 rings (SSSR count). The summed E-state index contributed by atoms with van der Waals surface area (Å²) < 4.78 is 0.820. The van der Waals surface area contributed by atoms with E-state index in [9.17, 15) is 4.79 Å². The molecule has 2 aromatic rings. The first-order valence-corrected chi connectivity index (χ1v) is 6.45. The normalized spacial score (nSPS) is 10.4. The van der Waals surface area contributed by atoms with Crippen LogP contribution in [0.1, 0.15) is 27.0 Å². The number of hydrogen-bond acceptors (Lipinski definition) is 2. The van der Waals surface area contributed by atoms with Gasteiger partial charge in [-0.05, 0) is 31.5 Å². The third-order valence-corrected chi connectivity index (χ3v) is 3.43. The summed E-state index contributed by atoms with van der Waals surface area (Å²) in [6, 6.07) is 11.2. The van der Waals surface area contributed by atoms with E-state index in [0.717, 1.165) is 15.6 Å². The van der Waals surface area contributed by atoms with E-state index in [-0.39, 0.29) is 5.78 Å². The number of hydrogen-bond donors (Lipinski definition) is 1. The quantitative estimate of drug-likeness (QED) is 0.676. The first-order chi connectivity index (χ1) is 8.49. The summed E-state index contributed by atoms with van der Waals surface area (Å²) in [5, 5.41) is 0. The zero-order valence-corrected chi connectivity index (χ0v) is 11.9. The van der Waals surface area contributed by atoms with Crippen LogP contribution in [0.25, 0.3) is 0 Å². The second-order valence-corrected chi connectivity index (χ2v) is 5.28. The number of aryl methyl sites for hydroxylation is 1. The summed E-state index contributed by atoms with van der Waals surface area (Å²) in [5.74, 6) is 0.000463. The number of rotatable bonds is 2. The summed E-state index contributed by atoms with van der Waals surface area (Å²) in [4.78, 5) is 12.4. The third kappa shape index (κ3) is 2.46. The highest BCUT2D eigenvalue weighted by atomic mass is 79.9. The zero-order valence-electron chi connectivity index (χ0n) is 10.3. The minimum absolute atomic E-state index is 0.000463. The van der Waals surface area contributed by atoms with Crippen LogP contribution in [0.15, 0.2) is 40.9 Å². The van der Waals surface area contributed by atoms with Crippen LogP contribution in [0.4, 0.5) is 5.69 Å². The summed E-state index contributed by atoms with van der Waals surface area (Å²) >= 11 is 3.37. The molecular formula is C15H14BrNO. The van der Waals surface area contributed by atoms with Gasteiger partial charge < -0.3 is 5.73 Å². The SMILES string of the molecule is Cc1ccc(C(=O)c2cc(Br)cc(N)c2C)cc1. The molecule has 0 atom stereocenters. The molecule has 0 fully saturated rings. The molecule has 2 N–H and O–H groups in total. The van der Waals surface area contributed by atoms with Gasteiger partial charge in [0.05, 0.1) is 0 Å². The first kappa shape index (κ1) is 12.8. The molecule has 0 aromatic heterocycles. The van der Waals surface area contributed by atoms with Gasteiger partial charge >= 0.3 is 0 Å². The molecule has 2 nitrogen and oxygen atoms in total. The Balaban J connectivity index is 2.49. The maximum atomic E-state index is 12.4. The molecular weight excluding hydrogens is 290 g/mol. The van der Waals surface area contributed by atoms with E-state index in [1.54, 1.807) is 6.07 Å². The second-order valence-electron chi connectivity index (χ2n) is 4.36. The van der Waals surface area contributed by atoms with Crippen molar-refractivity contribution < 1.29 is 4.79 Å². The molecule has 0 saturated carbocycles. The van der Waals surface area contributed by atoms with Crippen molar-refractivity contribution in [2.45, 2.75) is 13.8 Å². The number of nitrogen functional groups attached to an aromatic ring is 1. The van der Waals surface area contributed by atoms with Crippen LogP contribution in [0.2, 0.25) is 0 Å². The highest BCUT2D eigenvalue weighted by Crippen LogP contribution is 2.25. The molecule has 3 heteroatoms. The van der Waals surface area contributed by atoms with Crippen LogP contribution in [0, 0.1) is 13.8 Å². The van der Waals surface area contributed by atoms with Gasteiger partial charge in [0, 0.05) is 21.3 Å². The van der Waals surface area contributed by atoms with Crippen LogP contribution >= 0.6 is 15.9 Å². The van der Waals surface area contributed by atoms with Crippen molar-refractivity contribution in [1.82, 2.24) is 0 Å². The Labute approximate surface area is 115 Å². The van der Waals surface area contributed by atoms with Crippen molar-refractivity contribution in [3.8, 4) is 0 Å². The summed E-state index contributed by atoms with van der Waals surface area (Å²) in [6.07, 6.45) is 0. The van der Waals surface area contributed by atoms with Crippen molar-refractivity contribution in [3.05, 3.63) is 63.1 Å². The van der Waals surface area contributed by atoms with E-state index in [4.69, 9.17) is 5.73 Å². The van der Waals surface area contributed by atoms with Crippen molar-refractivity contribution in [3.63, 3.8) is 0 Å². The maximum absolute atomic E-state index is 12.4. The largest absolute Gasteiger partial charge is 0.398 e. The molecule has 0 aliphatic carbocycles. The Kier molecular flexibility index (Phi) is 3.53. The fourth-order valence-corrected chi connectivity index (χ4v) is 2.27. The third-order valence-electron chi connectivity index (χ3n) is 2.97. The van der Waals surface area contributed by atoms with E-state index < -0.39 is 0 Å². The Morgan fingerprint density at radius 2 is 1.72 bits per heavy atom. The number of ketones is 1. The second kappa shape index (κ2) is 4.94. The standard InChI is InChI=1S/C15H14BrNO/c1-9-3-5-11(6-4-9)15(18)13-7-12(16)8-14(17)10(13)2/h3-8H,17H2,1-2H3. The predicted octanol–water partition coefficient (Wildman–Crippen LogP) is 3.88. The van der Waals surface area contributed by atoms with Gasteiger partial charge in [-0.2, -0.15) is 0 Å². The lowest BCUT2D eigenvalue weighted by Gasteiger charge is -2.09. The lowest BCUT2D eigenvalue weighted by atomic mass is 9.97. The molecule has 92 valence electrons. The molecule has 0 radical (unpaired) electrons. The fraction of sp³-hybridized carbons (Fsp3) is 0.133. The number of nitrogens with two attached hydrogens (primary N) is 1. The van der Waals surface area contributed by atoms with E-state index in [0.29, 0.717) is 16.8 Å². The minimum atomic E-state index is 0.000463. The first-order valence-electron chi connectivity index (χ1n) is 5.66. The number of halogens is 1. The summed E-state index contributed by atoms with van der Waals surface area (Å²) in [5.41, 5.74) is 9.79. The van der Waals surface area contributed by atoms with Gasteiger partial charge in [-0.1, -0.05) is 45.8 Å². The van der Waals surface area contributed by atoms with E-state index in [1.807, 2.05) is 44.2 Å².